The molecule has 0 amide bonds. The Morgan fingerprint density at radius 3 is 2.25 bits per heavy atom. The molecule has 0 saturated heterocycles. The maximum atomic E-state index is 10.8. The fourth-order valence-electron chi connectivity index (χ4n) is 1.55. The van der Waals surface area contributed by atoms with Crippen LogP contribution in [0.25, 0.3) is 0 Å². The van der Waals surface area contributed by atoms with Crippen LogP contribution in [0.1, 0.15) is 49.2 Å². The molecule has 1 aromatic carbocycles. The number of aromatic nitrogens is 1. The Balaban J connectivity index is 0.000000829. The summed E-state index contributed by atoms with van der Waals surface area (Å²) in [5.41, 5.74) is 2.37. The van der Waals surface area contributed by atoms with Crippen LogP contribution in [-0.4, -0.2) is 16.1 Å². The average Bonchev–Trinajstić information content (AvgIpc) is 2.52. The van der Waals surface area contributed by atoms with E-state index in [1.165, 1.54) is 0 Å². The summed E-state index contributed by atoms with van der Waals surface area (Å²) in [5, 5.41) is 8.86. The first kappa shape index (κ1) is 17.8. The van der Waals surface area contributed by atoms with Gasteiger partial charge in [-0.1, -0.05) is 45.9 Å². The Morgan fingerprint density at radius 1 is 1.05 bits per heavy atom. The third kappa shape index (κ3) is 6.14. The van der Waals surface area contributed by atoms with Gasteiger partial charge in [0.05, 0.1) is 5.56 Å². The Bertz CT molecular complexity index is 495. The minimum absolute atomic E-state index is 0.321. The number of hydrogen-bond donors (Lipinski definition) is 1. The van der Waals surface area contributed by atoms with E-state index in [2.05, 4.69) is 4.98 Å². The van der Waals surface area contributed by atoms with Gasteiger partial charge in [-0.3, -0.25) is 4.98 Å². The normalized spacial score (nSPS) is 8.60. The molecule has 3 nitrogen and oxygen atoms in total. The molecule has 0 aliphatic rings. The minimum Gasteiger partial charge on any atom is -0.478 e. The lowest BCUT2D eigenvalue weighted by molar-refractivity contribution is 0.0697. The summed E-state index contributed by atoms with van der Waals surface area (Å²) in [6.45, 7) is 8.00. The van der Waals surface area contributed by atoms with Crippen LogP contribution in [0.15, 0.2) is 48.8 Å². The Labute approximate surface area is 121 Å². The third-order valence-electron chi connectivity index (χ3n) is 2.30. The van der Waals surface area contributed by atoms with Gasteiger partial charge in [0.25, 0.3) is 0 Å². The highest BCUT2D eigenvalue weighted by molar-refractivity contribution is 5.87. The van der Waals surface area contributed by atoms with Crippen LogP contribution in [0, 0.1) is 0 Å². The van der Waals surface area contributed by atoms with E-state index in [0.717, 1.165) is 11.1 Å². The Morgan fingerprint density at radius 2 is 1.70 bits per heavy atom. The average molecular weight is 273 g/mol. The number of nitrogens with zero attached hydrogens (tertiary/aromatic N) is 1. The predicted octanol–water partition coefficient (Wildman–Crippen LogP) is 4.42. The molecule has 1 aromatic heterocycles. The molecule has 0 unspecified atom stereocenters. The van der Waals surface area contributed by atoms with E-state index >= 15 is 0 Å². The number of rotatable bonds is 3. The molecule has 1 heterocycles. The molecule has 20 heavy (non-hydrogen) atoms. The molecule has 0 atom stereocenters. The first-order valence-corrected chi connectivity index (χ1v) is 6.97. The molecular formula is C17H23NO2. The lowest BCUT2D eigenvalue weighted by Crippen LogP contribution is -1.97. The van der Waals surface area contributed by atoms with Gasteiger partial charge in [-0.05, 0) is 35.7 Å². The van der Waals surface area contributed by atoms with Crippen molar-refractivity contribution in [1.29, 1.82) is 0 Å². The summed E-state index contributed by atoms with van der Waals surface area (Å²) in [6.07, 6.45) is 4.21. The van der Waals surface area contributed by atoms with Crippen molar-refractivity contribution in [3.63, 3.8) is 0 Å². The molecule has 0 fully saturated rings. The summed E-state index contributed by atoms with van der Waals surface area (Å²) in [4.78, 5) is 14.8. The molecule has 3 heteroatoms. The number of carbonyl (C=O) groups is 1. The van der Waals surface area contributed by atoms with Crippen LogP contribution in [0.4, 0.5) is 0 Å². The SMILES string of the molecule is CC.CC.O=C(O)c1cccc(Cc2cccnc2)c1. The van der Waals surface area contributed by atoms with Gasteiger partial charge in [0.15, 0.2) is 0 Å². The van der Waals surface area contributed by atoms with E-state index in [-0.39, 0.29) is 0 Å². The minimum atomic E-state index is -0.895. The number of aromatic carboxylic acids is 1. The summed E-state index contributed by atoms with van der Waals surface area (Å²) in [7, 11) is 0. The fourth-order valence-corrected chi connectivity index (χ4v) is 1.55. The zero-order valence-corrected chi connectivity index (χ0v) is 12.6. The molecule has 0 saturated carbocycles. The summed E-state index contributed by atoms with van der Waals surface area (Å²) in [6, 6.07) is 10.8. The highest BCUT2D eigenvalue weighted by atomic mass is 16.4. The summed E-state index contributed by atoms with van der Waals surface area (Å²) in [5.74, 6) is -0.895. The quantitative estimate of drug-likeness (QED) is 0.900. The van der Waals surface area contributed by atoms with Crippen molar-refractivity contribution in [3.8, 4) is 0 Å². The summed E-state index contributed by atoms with van der Waals surface area (Å²) >= 11 is 0. The monoisotopic (exact) mass is 273 g/mol. The van der Waals surface area contributed by atoms with Crippen molar-refractivity contribution in [2.24, 2.45) is 0 Å². The molecular weight excluding hydrogens is 250 g/mol. The van der Waals surface area contributed by atoms with Crippen LogP contribution in [-0.2, 0) is 6.42 Å². The Kier molecular flexibility index (Phi) is 9.57. The van der Waals surface area contributed by atoms with Gasteiger partial charge in [-0.2, -0.15) is 0 Å². The first-order valence-electron chi connectivity index (χ1n) is 6.97. The number of carboxylic acids is 1. The van der Waals surface area contributed by atoms with Crippen molar-refractivity contribution in [1.82, 2.24) is 4.98 Å². The third-order valence-corrected chi connectivity index (χ3v) is 2.30. The van der Waals surface area contributed by atoms with Crippen molar-refractivity contribution in [3.05, 3.63) is 65.5 Å². The Hall–Kier alpha value is -2.16. The van der Waals surface area contributed by atoms with Gasteiger partial charge >= 0.3 is 5.97 Å². The molecule has 0 bridgehead atoms. The fraction of sp³-hybridized carbons (Fsp3) is 0.294. The lowest BCUT2D eigenvalue weighted by atomic mass is 10.0. The van der Waals surface area contributed by atoms with E-state index in [9.17, 15) is 4.79 Å². The number of hydrogen-bond acceptors (Lipinski definition) is 2. The number of carboxylic acid groups (broad SMARTS) is 1. The molecule has 2 aromatic rings. The van der Waals surface area contributed by atoms with E-state index < -0.39 is 5.97 Å². The second-order valence-corrected chi connectivity index (χ2v) is 3.54. The lowest BCUT2D eigenvalue weighted by Gasteiger charge is -2.02. The van der Waals surface area contributed by atoms with Gasteiger partial charge in [0.2, 0.25) is 0 Å². The van der Waals surface area contributed by atoms with Gasteiger partial charge in [-0.15, -0.1) is 0 Å². The van der Waals surface area contributed by atoms with Crippen LogP contribution in [0.5, 0.6) is 0 Å². The largest absolute Gasteiger partial charge is 0.478 e. The molecule has 0 aliphatic carbocycles. The summed E-state index contributed by atoms with van der Waals surface area (Å²) < 4.78 is 0. The smallest absolute Gasteiger partial charge is 0.335 e. The maximum absolute atomic E-state index is 10.8. The van der Waals surface area contributed by atoms with Gasteiger partial charge in [-0.25, -0.2) is 4.79 Å². The van der Waals surface area contributed by atoms with Crippen LogP contribution in [0.3, 0.4) is 0 Å². The molecule has 0 aliphatic heterocycles. The zero-order valence-electron chi connectivity index (χ0n) is 12.6. The van der Waals surface area contributed by atoms with Crippen molar-refractivity contribution >= 4 is 5.97 Å². The predicted molar refractivity (Wildman–Crippen MR) is 83.1 cm³/mol. The van der Waals surface area contributed by atoms with E-state index in [1.807, 2.05) is 45.9 Å². The second kappa shape index (κ2) is 10.7. The molecule has 0 radical (unpaired) electrons. The van der Waals surface area contributed by atoms with Gasteiger partial charge in [0, 0.05) is 12.4 Å². The van der Waals surface area contributed by atoms with E-state index in [0.29, 0.717) is 12.0 Å². The molecule has 1 N–H and O–H groups in total. The first-order chi connectivity index (χ1) is 9.75. The number of benzene rings is 1. The standard InChI is InChI=1S/C13H11NO2.2C2H6/c15-13(16)12-5-1-3-10(8-12)7-11-4-2-6-14-9-11;2*1-2/h1-6,8-9H,7H2,(H,15,16);2*1-2H3. The molecule has 108 valence electrons. The van der Waals surface area contributed by atoms with E-state index in [4.69, 9.17) is 5.11 Å². The van der Waals surface area contributed by atoms with E-state index in [1.54, 1.807) is 30.6 Å². The van der Waals surface area contributed by atoms with Gasteiger partial charge < -0.3 is 5.11 Å². The van der Waals surface area contributed by atoms with Crippen molar-refractivity contribution in [2.75, 3.05) is 0 Å². The van der Waals surface area contributed by atoms with Crippen LogP contribution < -0.4 is 0 Å². The number of pyridine rings is 1. The van der Waals surface area contributed by atoms with Crippen molar-refractivity contribution in [2.45, 2.75) is 34.1 Å². The van der Waals surface area contributed by atoms with Gasteiger partial charge in [0.1, 0.15) is 0 Å². The highest BCUT2D eigenvalue weighted by Gasteiger charge is 2.03. The maximum Gasteiger partial charge on any atom is 0.335 e. The van der Waals surface area contributed by atoms with Crippen LogP contribution >= 0.6 is 0 Å². The topological polar surface area (TPSA) is 50.2 Å². The van der Waals surface area contributed by atoms with Crippen LogP contribution in [0.2, 0.25) is 0 Å². The second-order valence-electron chi connectivity index (χ2n) is 3.54. The molecule has 2 rings (SSSR count). The van der Waals surface area contributed by atoms with Crippen molar-refractivity contribution < 1.29 is 9.90 Å². The molecule has 0 spiro atoms. The zero-order chi connectivity index (χ0) is 15.4. The highest BCUT2D eigenvalue weighted by Crippen LogP contribution is 2.10.